The number of thiophene rings is 1. The Labute approximate surface area is 242 Å². The van der Waals surface area contributed by atoms with E-state index in [9.17, 15) is 22.8 Å². The number of rotatable bonds is 10. The minimum absolute atomic E-state index is 0.0446. The molecule has 0 spiro atoms. The minimum Gasteiger partial charge on any atom is -0.370 e. The Balaban J connectivity index is 1.65. The van der Waals surface area contributed by atoms with Crippen LogP contribution in [0.1, 0.15) is 41.9 Å². The van der Waals surface area contributed by atoms with Crippen molar-refractivity contribution in [1.29, 1.82) is 0 Å². The summed E-state index contributed by atoms with van der Waals surface area (Å²) in [4.78, 5) is 42.3. The van der Waals surface area contributed by atoms with E-state index in [-0.39, 0.29) is 24.0 Å². The first-order chi connectivity index (χ1) is 19.0. The van der Waals surface area contributed by atoms with Crippen LogP contribution >= 0.6 is 22.9 Å². The molecule has 0 radical (unpaired) electrons. The summed E-state index contributed by atoms with van der Waals surface area (Å²) in [5.41, 5.74) is 0.0181. The van der Waals surface area contributed by atoms with Crippen LogP contribution in [-0.4, -0.2) is 82.8 Å². The van der Waals surface area contributed by atoms with E-state index in [0.29, 0.717) is 59.4 Å². The molecule has 2 aromatic rings. The molecule has 3 amide bonds. The fourth-order valence-corrected chi connectivity index (χ4v) is 7.49. The van der Waals surface area contributed by atoms with Gasteiger partial charge in [0.25, 0.3) is 11.8 Å². The second kappa shape index (κ2) is 12.5. The van der Waals surface area contributed by atoms with E-state index >= 15 is 0 Å². The first-order valence-electron chi connectivity index (χ1n) is 12.9. The minimum atomic E-state index is -4.29. The molecule has 0 saturated carbocycles. The van der Waals surface area contributed by atoms with E-state index < -0.39 is 33.6 Å². The topological polar surface area (TPSA) is 134 Å². The Morgan fingerprint density at radius 3 is 2.67 bits per heavy atom. The molecule has 2 aliphatic rings. The lowest BCUT2D eigenvalue weighted by atomic mass is 10.1. The molecule has 3 heterocycles. The van der Waals surface area contributed by atoms with Crippen molar-refractivity contribution in [3.8, 4) is 0 Å². The molecule has 0 bridgehead atoms. The second-order valence-corrected chi connectivity index (χ2v) is 13.1. The van der Waals surface area contributed by atoms with Gasteiger partial charge in [-0.3, -0.25) is 14.4 Å². The van der Waals surface area contributed by atoms with Crippen LogP contribution in [0.4, 0.5) is 5.69 Å². The SMILES string of the molecule is CCc1c(N2CCOCC2=O)cccc1S(=O)(=O)N[C@@H](CNC(=O)c1ccc(Cl)s1)C(=O)N1CCC[C@]1(C)OC. The van der Waals surface area contributed by atoms with Gasteiger partial charge in [0, 0.05) is 32.4 Å². The van der Waals surface area contributed by atoms with Crippen molar-refractivity contribution in [2.75, 3.05) is 44.9 Å². The molecular formula is C26H33ClN4O7S2. The highest BCUT2D eigenvalue weighted by Gasteiger charge is 2.43. The number of amides is 3. The molecule has 0 unspecified atom stereocenters. The maximum absolute atomic E-state index is 13.8. The molecule has 4 rings (SSSR count). The third-order valence-electron chi connectivity index (χ3n) is 7.19. The van der Waals surface area contributed by atoms with Gasteiger partial charge in [0.1, 0.15) is 18.4 Å². The summed E-state index contributed by atoms with van der Waals surface area (Å²) in [5, 5.41) is 2.66. The Kier molecular flexibility index (Phi) is 9.53. The van der Waals surface area contributed by atoms with Crippen molar-refractivity contribution < 1.29 is 32.3 Å². The fourth-order valence-electron chi connectivity index (χ4n) is 5.02. The molecular weight excluding hydrogens is 580 g/mol. The van der Waals surface area contributed by atoms with Gasteiger partial charge in [-0.1, -0.05) is 24.6 Å². The van der Waals surface area contributed by atoms with E-state index in [4.69, 9.17) is 21.1 Å². The van der Waals surface area contributed by atoms with E-state index in [2.05, 4.69) is 10.0 Å². The number of ether oxygens (including phenoxy) is 2. The van der Waals surface area contributed by atoms with Crippen LogP contribution < -0.4 is 14.9 Å². The van der Waals surface area contributed by atoms with Gasteiger partial charge in [0.05, 0.1) is 20.7 Å². The first-order valence-corrected chi connectivity index (χ1v) is 15.6. The number of sulfonamides is 1. The molecule has 14 heteroatoms. The van der Waals surface area contributed by atoms with Crippen molar-refractivity contribution >= 4 is 56.4 Å². The highest BCUT2D eigenvalue weighted by atomic mass is 35.5. The van der Waals surface area contributed by atoms with Gasteiger partial charge in [-0.2, -0.15) is 4.72 Å². The molecule has 218 valence electrons. The van der Waals surface area contributed by atoms with Crippen LogP contribution in [0.3, 0.4) is 0 Å². The summed E-state index contributed by atoms with van der Waals surface area (Å²) in [6.45, 7) is 4.20. The molecule has 40 heavy (non-hydrogen) atoms. The Bertz CT molecular complexity index is 1380. The maximum Gasteiger partial charge on any atom is 0.261 e. The third kappa shape index (κ3) is 6.34. The number of carbonyl (C=O) groups excluding carboxylic acids is 3. The van der Waals surface area contributed by atoms with Crippen LogP contribution in [0, 0.1) is 0 Å². The average molecular weight is 613 g/mol. The maximum atomic E-state index is 13.8. The fraction of sp³-hybridized carbons (Fsp3) is 0.500. The quantitative estimate of drug-likeness (QED) is 0.421. The monoisotopic (exact) mass is 612 g/mol. The Hall–Kier alpha value is -2.55. The van der Waals surface area contributed by atoms with Gasteiger partial charge in [-0.15, -0.1) is 11.3 Å². The summed E-state index contributed by atoms with van der Waals surface area (Å²) in [5.74, 6) is -1.26. The summed E-state index contributed by atoms with van der Waals surface area (Å²) < 4.78 is 41.5. The predicted molar refractivity (Wildman–Crippen MR) is 151 cm³/mol. The predicted octanol–water partition coefficient (Wildman–Crippen LogP) is 2.39. The van der Waals surface area contributed by atoms with Gasteiger partial charge in [-0.05, 0) is 56.0 Å². The highest BCUT2D eigenvalue weighted by molar-refractivity contribution is 7.89. The van der Waals surface area contributed by atoms with Crippen molar-refractivity contribution in [3.05, 3.63) is 45.1 Å². The van der Waals surface area contributed by atoms with Crippen LogP contribution in [0.25, 0.3) is 0 Å². The second-order valence-electron chi connectivity index (χ2n) is 9.67. The molecule has 11 nitrogen and oxygen atoms in total. The van der Waals surface area contributed by atoms with Gasteiger partial charge < -0.3 is 24.6 Å². The van der Waals surface area contributed by atoms with Crippen LogP contribution in [0.15, 0.2) is 35.2 Å². The number of halogens is 1. The zero-order valence-corrected chi connectivity index (χ0v) is 25.0. The van der Waals surface area contributed by atoms with E-state index in [0.717, 1.165) is 11.3 Å². The molecule has 1 aromatic carbocycles. The van der Waals surface area contributed by atoms with Gasteiger partial charge >= 0.3 is 0 Å². The van der Waals surface area contributed by atoms with Crippen LogP contribution in [0.5, 0.6) is 0 Å². The lowest BCUT2D eigenvalue weighted by Gasteiger charge is -2.36. The number of nitrogens with one attached hydrogen (secondary N) is 2. The standard InChI is InChI=1S/C26H33ClN4O7S2/c1-4-17-19(30-13-14-38-16-23(30)32)7-5-8-21(17)40(35,36)29-18(15-28-24(33)20-9-10-22(27)39-20)25(34)31-12-6-11-26(31,2)37-3/h5,7-10,18,29H,4,6,11-16H2,1-3H3,(H,28,33)/t18-,26-/m0/s1. The van der Waals surface area contributed by atoms with Gasteiger partial charge in [-0.25, -0.2) is 8.42 Å². The van der Waals surface area contributed by atoms with Crippen LogP contribution in [0.2, 0.25) is 4.34 Å². The van der Waals surface area contributed by atoms with Crippen molar-refractivity contribution in [1.82, 2.24) is 14.9 Å². The molecule has 0 aliphatic carbocycles. The molecule has 1 aromatic heterocycles. The summed E-state index contributed by atoms with van der Waals surface area (Å²) in [6.07, 6.45) is 1.59. The smallest absolute Gasteiger partial charge is 0.261 e. The van der Waals surface area contributed by atoms with E-state index in [1.807, 2.05) is 0 Å². The summed E-state index contributed by atoms with van der Waals surface area (Å²) in [6, 6.07) is 6.52. The molecule has 2 N–H and O–H groups in total. The zero-order chi connectivity index (χ0) is 29.1. The average Bonchev–Trinajstić information content (AvgIpc) is 3.56. The van der Waals surface area contributed by atoms with E-state index in [1.54, 1.807) is 38.1 Å². The van der Waals surface area contributed by atoms with Gasteiger partial charge in [0.2, 0.25) is 15.9 Å². The molecule has 2 atom stereocenters. The number of hydrogen-bond acceptors (Lipinski definition) is 8. The summed E-state index contributed by atoms with van der Waals surface area (Å²) >= 11 is 7.03. The molecule has 2 saturated heterocycles. The number of nitrogens with zero attached hydrogens (tertiary/aromatic N) is 2. The molecule has 2 aliphatic heterocycles. The van der Waals surface area contributed by atoms with Crippen molar-refractivity contribution in [3.63, 3.8) is 0 Å². The third-order valence-corrected chi connectivity index (χ3v) is 9.97. The number of hydrogen-bond donors (Lipinski definition) is 2. The summed E-state index contributed by atoms with van der Waals surface area (Å²) in [7, 11) is -2.79. The largest absolute Gasteiger partial charge is 0.370 e. The van der Waals surface area contributed by atoms with Crippen molar-refractivity contribution in [2.24, 2.45) is 0 Å². The number of morpholine rings is 1. The zero-order valence-electron chi connectivity index (χ0n) is 22.6. The number of anilines is 1. The van der Waals surface area contributed by atoms with Gasteiger partial charge in [0.15, 0.2) is 0 Å². The first kappa shape index (κ1) is 30.4. The number of likely N-dealkylation sites (tertiary alicyclic amines) is 1. The number of methoxy groups -OCH3 is 1. The number of carbonyl (C=O) groups is 3. The van der Waals surface area contributed by atoms with E-state index in [1.165, 1.54) is 23.0 Å². The Morgan fingerprint density at radius 2 is 2.02 bits per heavy atom. The molecule has 2 fully saturated rings. The van der Waals surface area contributed by atoms with Crippen LogP contribution in [-0.2, 0) is 35.5 Å². The Morgan fingerprint density at radius 1 is 1.25 bits per heavy atom. The highest BCUT2D eigenvalue weighted by Crippen LogP contribution is 2.32. The van der Waals surface area contributed by atoms with Crippen molar-refractivity contribution in [2.45, 2.75) is 49.8 Å². The lowest BCUT2D eigenvalue weighted by molar-refractivity contribution is -0.156. The lowest BCUT2D eigenvalue weighted by Crippen LogP contribution is -2.57. The number of benzene rings is 1. The normalized spacial score (nSPS) is 20.6.